The van der Waals surface area contributed by atoms with Crippen LogP contribution in [0.5, 0.6) is 0 Å². The molecule has 0 aliphatic carbocycles. The highest BCUT2D eigenvalue weighted by molar-refractivity contribution is 8.13. The molecule has 9 heteroatoms. The predicted molar refractivity (Wildman–Crippen MR) is 85.2 cm³/mol. The first-order chi connectivity index (χ1) is 11.9. The minimum Gasteiger partial charge on any atom is -0.301 e. The zero-order valence-corrected chi connectivity index (χ0v) is 13.3. The number of aromatic nitrogens is 1. The number of aldehydes is 1. The van der Waals surface area contributed by atoms with E-state index in [4.69, 9.17) is 0 Å². The molecule has 1 atom stereocenters. The number of benzene rings is 1. The minimum absolute atomic E-state index is 0.0470. The van der Waals surface area contributed by atoms with Crippen molar-refractivity contribution in [2.24, 2.45) is 4.99 Å². The van der Waals surface area contributed by atoms with E-state index in [-0.39, 0.29) is 10.7 Å². The van der Waals surface area contributed by atoms with Gasteiger partial charge in [-0.2, -0.15) is 13.2 Å². The number of pyridine rings is 1. The number of nitrogens with one attached hydrogen (secondary N) is 1. The summed E-state index contributed by atoms with van der Waals surface area (Å²) in [5.74, 6) is -0.621. The lowest BCUT2D eigenvalue weighted by atomic mass is 10.1. The summed E-state index contributed by atoms with van der Waals surface area (Å²) in [4.78, 5) is 31.6. The fourth-order valence-electron chi connectivity index (χ4n) is 2.17. The summed E-state index contributed by atoms with van der Waals surface area (Å²) in [6.45, 7) is 0. The number of thioether (sulfide) groups is 1. The molecule has 1 N–H and O–H groups in total. The molecule has 0 saturated heterocycles. The van der Waals surface area contributed by atoms with E-state index < -0.39 is 23.7 Å². The lowest BCUT2D eigenvalue weighted by molar-refractivity contribution is -0.137. The Kier molecular flexibility index (Phi) is 4.58. The van der Waals surface area contributed by atoms with Crippen LogP contribution in [-0.2, 0) is 11.0 Å². The van der Waals surface area contributed by atoms with Gasteiger partial charge in [0.15, 0.2) is 5.17 Å². The van der Waals surface area contributed by atoms with Gasteiger partial charge in [-0.3, -0.25) is 4.79 Å². The second-order valence-electron chi connectivity index (χ2n) is 5.04. The Hall–Kier alpha value is -2.68. The van der Waals surface area contributed by atoms with Gasteiger partial charge in [-0.15, -0.1) is 0 Å². The summed E-state index contributed by atoms with van der Waals surface area (Å²) in [6.07, 6.45) is -2.29. The Balaban J connectivity index is 1.77. The first kappa shape index (κ1) is 17.2. The van der Waals surface area contributed by atoms with Crippen molar-refractivity contribution in [1.82, 2.24) is 10.3 Å². The number of halogens is 3. The van der Waals surface area contributed by atoms with Crippen LogP contribution in [0.2, 0.25) is 0 Å². The first-order valence-corrected chi connectivity index (χ1v) is 7.84. The van der Waals surface area contributed by atoms with Crippen molar-refractivity contribution in [2.75, 3.05) is 0 Å². The molecule has 25 heavy (non-hydrogen) atoms. The van der Waals surface area contributed by atoms with Gasteiger partial charge in [0.1, 0.15) is 17.4 Å². The van der Waals surface area contributed by atoms with Gasteiger partial charge in [-0.1, -0.05) is 6.07 Å². The number of aliphatic imine (C=N–C) groups is 1. The number of carbonyl (C=O) groups excluding carboxylic acids is 2. The molecule has 1 unspecified atom stereocenters. The number of carbonyl (C=O) groups is 2. The SMILES string of the molecule is O=CC1N=C(NC(=O)c2ccc(C(F)(F)F)cc2)Sc2ncccc21. The van der Waals surface area contributed by atoms with Crippen LogP contribution in [0.3, 0.4) is 0 Å². The topological polar surface area (TPSA) is 71.4 Å². The van der Waals surface area contributed by atoms with E-state index in [1.165, 1.54) is 0 Å². The quantitative estimate of drug-likeness (QED) is 0.830. The van der Waals surface area contributed by atoms with E-state index in [1.807, 2.05) is 0 Å². The zero-order chi connectivity index (χ0) is 18.0. The molecule has 128 valence electrons. The van der Waals surface area contributed by atoms with E-state index in [2.05, 4.69) is 15.3 Å². The van der Waals surface area contributed by atoms with Crippen LogP contribution in [0.1, 0.15) is 27.5 Å². The summed E-state index contributed by atoms with van der Waals surface area (Å²) >= 11 is 1.07. The third kappa shape index (κ3) is 3.71. The van der Waals surface area contributed by atoms with Crippen LogP contribution < -0.4 is 5.32 Å². The van der Waals surface area contributed by atoms with Gasteiger partial charge < -0.3 is 10.1 Å². The third-order valence-corrected chi connectivity index (χ3v) is 4.33. The molecule has 2 aromatic rings. The number of amides is 1. The molecular weight excluding hydrogens is 355 g/mol. The summed E-state index contributed by atoms with van der Waals surface area (Å²) in [5.41, 5.74) is -0.159. The van der Waals surface area contributed by atoms with Crippen LogP contribution >= 0.6 is 11.8 Å². The van der Waals surface area contributed by atoms with Crippen LogP contribution in [0.25, 0.3) is 0 Å². The molecule has 1 aliphatic rings. The van der Waals surface area contributed by atoms with E-state index in [0.29, 0.717) is 16.9 Å². The minimum atomic E-state index is -4.47. The average Bonchev–Trinajstić information content (AvgIpc) is 2.60. The molecule has 0 fully saturated rings. The number of fused-ring (bicyclic) bond motifs is 1. The average molecular weight is 365 g/mol. The number of rotatable bonds is 2. The Morgan fingerprint density at radius 3 is 2.56 bits per heavy atom. The van der Waals surface area contributed by atoms with Crippen molar-refractivity contribution in [3.8, 4) is 0 Å². The van der Waals surface area contributed by atoms with Crippen molar-refractivity contribution in [3.63, 3.8) is 0 Å². The van der Waals surface area contributed by atoms with Crippen LogP contribution in [0.4, 0.5) is 13.2 Å². The molecule has 5 nitrogen and oxygen atoms in total. The van der Waals surface area contributed by atoms with Crippen molar-refractivity contribution in [1.29, 1.82) is 0 Å². The monoisotopic (exact) mass is 365 g/mol. The number of amidine groups is 1. The van der Waals surface area contributed by atoms with Gasteiger partial charge >= 0.3 is 6.18 Å². The Bertz CT molecular complexity index is 850. The molecule has 1 amide bonds. The first-order valence-electron chi connectivity index (χ1n) is 7.03. The Labute approximate surface area is 144 Å². The highest BCUT2D eigenvalue weighted by Crippen LogP contribution is 2.33. The maximum atomic E-state index is 12.6. The van der Waals surface area contributed by atoms with E-state index in [0.717, 1.165) is 36.0 Å². The van der Waals surface area contributed by atoms with Gasteiger partial charge in [0, 0.05) is 17.3 Å². The summed E-state index contributed by atoms with van der Waals surface area (Å²) in [6, 6.07) is 6.42. The van der Waals surface area contributed by atoms with Crippen molar-refractivity contribution >= 4 is 29.1 Å². The second-order valence-corrected chi connectivity index (χ2v) is 6.02. The standard InChI is InChI=1S/C16H10F3N3O2S/c17-16(18,19)10-5-3-9(4-6-10)13(24)22-15-21-12(8-23)11-2-1-7-20-14(11)25-15/h1-8,12H,(H,21,22,24). The fourth-order valence-corrected chi connectivity index (χ4v) is 3.08. The van der Waals surface area contributed by atoms with Gasteiger partial charge in [-0.05, 0) is 42.1 Å². The lowest BCUT2D eigenvalue weighted by Crippen LogP contribution is -2.30. The van der Waals surface area contributed by atoms with Gasteiger partial charge in [0.05, 0.1) is 5.56 Å². The maximum absolute atomic E-state index is 12.6. The summed E-state index contributed by atoms with van der Waals surface area (Å²) in [5, 5.41) is 3.19. The van der Waals surface area contributed by atoms with Crippen molar-refractivity contribution < 1.29 is 22.8 Å². The molecule has 0 saturated carbocycles. The number of nitrogens with zero attached hydrogens (tertiary/aromatic N) is 2. The van der Waals surface area contributed by atoms with Crippen molar-refractivity contribution in [3.05, 3.63) is 59.3 Å². The summed E-state index contributed by atoms with van der Waals surface area (Å²) < 4.78 is 37.7. The number of alkyl halides is 3. The molecule has 3 rings (SSSR count). The fraction of sp³-hybridized carbons (Fsp3) is 0.125. The number of hydrogen-bond donors (Lipinski definition) is 1. The Morgan fingerprint density at radius 1 is 1.20 bits per heavy atom. The smallest absolute Gasteiger partial charge is 0.301 e. The molecule has 1 aromatic heterocycles. The van der Waals surface area contributed by atoms with E-state index in [1.54, 1.807) is 18.3 Å². The largest absolute Gasteiger partial charge is 0.416 e. The normalized spacial score (nSPS) is 16.6. The maximum Gasteiger partial charge on any atom is 0.416 e. The molecule has 2 heterocycles. The van der Waals surface area contributed by atoms with Crippen LogP contribution in [0, 0.1) is 0 Å². The summed E-state index contributed by atoms with van der Waals surface area (Å²) in [7, 11) is 0. The highest BCUT2D eigenvalue weighted by Gasteiger charge is 2.30. The van der Waals surface area contributed by atoms with Gasteiger partial charge in [-0.25, -0.2) is 9.98 Å². The second kappa shape index (κ2) is 6.67. The molecule has 0 radical (unpaired) electrons. The van der Waals surface area contributed by atoms with E-state index in [9.17, 15) is 22.8 Å². The molecule has 1 aromatic carbocycles. The molecule has 0 spiro atoms. The van der Waals surface area contributed by atoms with Crippen LogP contribution in [0.15, 0.2) is 52.6 Å². The molecule has 1 aliphatic heterocycles. The van der Waals surface area contributed by atoms with Gasteiger partial charge in [0.2, 0.25) is 0 Å². The van der Waals surface area contributed by atoms with Crippen LogP contribution in [-0.4, -0.2) is 22.3 Å². The van der Waals surface area contributed by atoms with E-state index >= 15 is 0 Å². The van der Waals surface area contributed by atoms with Crippen molar-refractivity contribution in [2.45, 2.75) is 17.2 Å². The number of hydrogen-bond acceptors (Lipinski definition) is 5. The van der Waals surface area contributed by atoms with Gasteiger partial charge in [0.25, 0.3) is 5.91 Å². The Morgan fingerprint density at radius 2 is 1.92 bits per heavy atom. The zero-order valence-electron chi connectivity index (χ0n) is 12.4. The highest BCUT2D eigenvalue weighted by atomic mass is 32.2. The molecular formula is C16H10F3N3O2S. The lowest BCUT2D eigenvalue weighted by Gasteiger charge is -2.19. The third-order valence-electron chi connectivity index (χ3n) is 3.39. The predicted octanol–water partition coefficient (Wildman–Crippen LogP) is 3.23. The molecule has 0 bridgehead atoms.